The number of piperidine rings is 2. The summed E-state index contributed by atoms with van der Waals surface area (Å²) in [5.41, 5.74) is 1.14. The van der Waals surface area contributed by atoms with E-state index in [-0.39, 0.29) is 11.9 Å². The average molecular weight is 292 g/mol. The third kappa shape index (κ3) is 3.95. The van der Waals surface area contributed by atoms with Gasteiger partial charge >= 0.3 is 0 Å². The zero-order chi connectivity index (χ0) is 14.7. The van der Waals surface area contributed by atoms with Gasteiger partial charge in [-0.1, -0.05) is 0 Å². The van der Waals surface area contributed by atoms with Crippen LogP contribution in [0.5, 0.6) is 0 Å². The molecular formula is C17H25FN2O. The second kappa shape index (κ2) is 6.75. The summed E-state index contributed by atoms with van der Waals surface area (Å²) >= 11 is 0. The lowest BCUT2D eigenvalue weighted by Crippen LogP contribution is -2.42. The Balaban J connectivity index is 1.45. The van der Waals surface area contributed by atoms with Crippen molar-refractivity contribution >= 4 is 5.69 Å². The van der Waals surface area contributed by atoms with Crippen molar-refractivity contribution < 1.29 is 9.50 Å². The Labute approximate surface area is 126 Å². The van der Waals surface area contributed by atoms with Crippen LogP contribution in [-0.2, 0) is 0 Å². The van der Waals surface area contributed by atoms with Gasteiger partial charge in [0.05, 0.1) is 6.10 Å². The van der Waals surface area contributed by atoms with E-state index in [2.05, 4.69) is 9.80 Å². The highest BCUT2D eigenvalue weighted by Crippen LogP contribution is 2.25. The van der Waals surface area contributed by atoms with Crippen molar-refractivity contribution in [1.82, 2.24) is 4.90 Å². The van der Waals surface area contributed by atoms with Gasteiger partial charge in [-0.2, -0.15) is 0 Å². The van der Waals surface area contributed by atoms with Crippen molar-refractivity contribution in [2.75, 3.05) is 37.6 Å². The molecule has 2 aliphatic rings. The molecule has 4 heteroatoms. The van der Waals surface area contributed by atoms with Crippen molar-refractivity contribution in [2.24, 2.45) is 5.92 Å². The number of hydrogen-bond donors (Lipinski definition) is 1. The van der Waals surface area contributed by atoms with Crippen molar-refractivity contribution in [3.05, 3.63) is 30.1 Å². The van der Waals surface area contributed by atoms with Crippen LogP contribution in [0.25, 0.3) is 0 Å². The van der Waals surface area contributed by atoms with Gasteiger partial charge < -0.3 is 14.9 Å². The van der Waals surface area contributed by atoms with Crippen molar-refractivity contribution in [1.29, 1.82) is 0 Å². The Hall–Kier alpha value is -1.13. The van der Waals surface area contributed by atoms with Gasteiger partial charge in [0.25, 0.3) is 0 Å². The first-order chi connectivity index (χ1) is 10.2. The third-order valence-electron chi connectivity index (χ3n) is 4.88. The van der Waals surface area contributed by atoms with Gasteiger partial charge in [0, 0.05) is 38.4 Å². The third-order valence-corrected chi connectivity index (χ3v) is 4.88. The summed E-state index contributed by atoms with van der Waals surface area (Å²) in [7, 11) is 0. The fourth-order valence-corrected chi connectivity index (χ4v) is 3.49. The van der Waals surface area contributed by atoms with E-state index >= 15 is 0 Å². The van der Waals surface area contributed by atoms with Gasteiger partial charge in [0.15, 0.2) is 0 Å². The van der Waals surface area contributed by atoms with E-state index in [0.29, 0.717) is 0 Å². The highest BCUT2D eigenvalue weighted by Gasteiger charge is 2.24. The molecule has 2 fully saturated rings. The smallest absolute Gasteiger partial charge is 0.123 e. The number of aliphatic hydroxyl groups is 1. The summed E-state index contributed by atoms with van der Waals surface area (Å²) in [6.07, 6.45) is 4.18. The first-order valence-corrected chi connectivity index (χ1v) is 8.11. The predicted octanol–water partition coefficient (Wildman–Crippen LogP) is 2.50. The monoisotopic (exact) mass is 292 g/mol. The van der Waals surface area contributed by atoms with Gasteiger partial charge in [-0.3, -0.25) is 0 Å². The number of aliphatic hydroxyl groups excluding tert-OH is 1. The molecule has 0 bridgehead atoms. The van der Waals surface area contributed by atoms with E-state index in [4.69, 9.17) is 0 Å². The molecule has 3 nitrogen and oxygen atoms in total. The molecule has 0 radical (unpaired) electrons. The zero-order valence-electron chi connectivity index (χ0n) is 12.5. The number of rotatable bonds is 3. The van der Waals surface area contributed by atoms with Crippen LogP contribution >= 0.6 is 0 Å². The molecule has 1 aromatic rings. The molecule has 0 spiro atoms. The van der Waals surface area contributed by atoms with Crippen LogP contribution in [0.15, 0.2) is 24.3 Å². The van der Waals surface area contributed by atoms with Gasteiger partial charge in [-0.25, -0.2) is 4.39 Å². The van der Waals surface area contributed by atoms with Gasteiger partial charge in [0.1, 0.15) is 5.82 Å². The summed E-state index contributed by atoms with van der Waals surface area (Å²) in [5, 5.41) is 9.55. The summed E-state index contributed by atoms with van der Waals surface area (Å²) in [4.78, 5) is 4.86. The lowest BCUT2D eigenvalue weighted by Gasteiger charge is -2.37. The number of anilines is 1. The normalized spacial score (nSPS) is 22.7. The Morgan fingerprint density at radius 3 is 2.19 bits per heavy atom. The van der Waals surface area contributed by atoms with Crippen molar-refractivity contribution in [3.63, 3.8) is 0 Å². The molecule has 116 valence electrons. The fourth-order valence-electron chi connectivity index (χ4n) is 3.49. The summed E-state index contributed by atoms with van der Waals surface area (Å²) in [6.45, 7) is 5.38. The molecule has 0 aromatic heterocycles. The Morgan fingerprint density at radius 1 is 0.952 bits per heavy atom. The quantitative estimate of drug-likeness (QED) is 0.927. The molecule has 2 heterocycles. The summed E-state index contributed by atoms with van der Waals surface area (Å²) in [5.74, 6) is 0.595. The standard InChI is InChI=1S/C17H25FN2O/c18-15-1-3-16(4-2-15)20-11-5-14(6-12-20)13-19-9-7-17(21)8-10-19/h1-4,14,17,21H,5-13H2. The number of halogens is 1. The summed E-state index contributed by atoms with van der Waals surface area (Å²) < 4.78 is 13.0. The van der Waals surface area contributed by atoms with Gasteiger partial charge in [-0.05, 0) is 55.9 Å². The number of likely N-dealkylation sites (tertiary alicyclic amines) is 1. The first kappa shape index (κ1) is 14.8. The molecule has 1 N–H and O–H groups in total. The minimum absolute atomic E-state index is 0.0819. The molecule has 2 saturated heterocycles. The van der Waals surface area contributed by atoms with Gasteiger partial charge in [-0.15, -0.1) is 0 Å². The van der Waals surface area contributed by atoms with E-state index in [1.807, 2.05) is 12.1 Å². The van der Waals surface area contributed by atoms with Gasteiger partial charge in [0.2, 0.25) is 0 Å². The lowest BCUT2D eigenvalue weighted by atomic mass is 9.94. The zero-order valence-corrected chi connectivity index (χ0v) is 12.5. The summed E-state index contributed by atoms with van der Waals surface area (Å²) in [6, 6.07) is 6.84. The van der Waals surface area contributed by atoms with Crippen LogP contribution in [0.2, 0.25) is 0 Å². The number of nitrogens with zero attached hydrogens (tertiary/aromatic N) is 2. The number of benzene rings is 1. The molecule has 1 aromatic carbocycles. The highest BCUT2D eigenvalue weighted by atomic mass is 19.1. The van der Waals surface area contributed by atoms with Crippen LogP contribution in [0.3, 0.4) is 0 Å². The molecule has 0 unspecified atom stereocenters. The molecule has 0 aliphatic carbocycles. The van der Waals surface area contributed by atoms with Crippen LogP contribution in [0.1, 0.15) is 25.7 Å². The van der Waals surface area contributed by atoms with E-state index < -0.39 is 0 Å². The maximum atomic E-state index is 13.0. The highest BCUT2D eigenvalue weighted by molar-refractivity contribution is 5.46. The maximum Gasteiger partial charge on any atom is 0.123 e. The minimum Gasteiger partial charge on any atom is -0.393 e. The molecule has 0 amide bonds. The number of hydrogen-bond acceptors (Lipinski definition) is 3. The fraction of sp³-hybridized carbons (Fsp3) is 0.647. The molecule has 2 aliphatic heterocycles. The molecule has 0 atom stereocenters. The van der Waals surface area contributed by atoms with Crippen molar-refractivity contribution in [3.8, 4) is 0 Å². The van der Waals surface area contributed by atoms with E-state index in [9.17, 15) is 9.50 Å². The van der Waals surface area contributed by atoms with Crippen LogP contribution in [-0.4, -0.2) is 48.8 Å². The second-order valence-corrected chi connectivity index (χ2v) is 6.44. The largest absolute Gasteiger partial charge is 0.393 e. The van der Waals surface area contributed by atoms with Crippen LogP contribution in [0, 0.1) is 11.7 Å². The average Bonchev–Trinajstić information content (AvgIpc) is 2.51. The van der Waals surface area contributed by atoms with Crippen molar-refractivity contribution in [2.45, 2.75) is 31.8 Å². The first-order valence-electron chi connectivity index (χ1n) is 8.11. The minimum atomic E-state index is -0.166. The molecule has 21 heavy (non-hydrogen) atoms. The van der Waals surface area contributed by atoms with E-state index in [0.717, 1.165) is 50.6 Å². The van der Waals surface area contributed by atoms with Crippen LogP contribution in [0.4, 0.5) is 10.1 Å². The second-order valence-electron chi connectivity index (χ2n) is 6.44. The Bertz CT molecular complexity index is 435. The van der Waals surface area contributed by atoms with Crippen LogP contribution < -0.4 is 4.90 Å². The Morgan fingerprint density at radius 2 is 1.57 bits per heavy atom. The molecule has 0 saturated carbocycles. The topological polar surface area (TPSA) is 26.7 Å². The van der Waals surface area contributed by atoms with E-state index in [1.54, 1.807) is 12.1 Å². The maximum absolute atomic E-state index is 13.0. The van der Waals surface area contributed by atoms with E-state index in [1.165, 1.54) is 19.4 Å². The molecular weight excluding hydrogens is 267 g/mol. The SMILES string of the molecule is OC1CCN(CC2CCN(c3ccc(F)cc3)CC2)CC1. The lowest BCUT2D eigenvalue weighted by molar-refractivity contribution is 0.0724. The Kier molecular flexibility index (Phi) is 4.76. The molecule has 3 rings (SSSR count). The predicted molar refractivity (Wildman–Crippen MR) is 83.0 cm³/mol.